The average molecular weight is 496 g/mol. The Bertz CT molecular complexity index is 1220. The number of hydrogen-bond donors (Lipinski definition) is 1. The van der Waals surface area contributed by atoms with Crippen molar-refractivity contribution in [1.82, 2.24) is 19.4 Å². The van der Waals surface area contributed by atoms with E-state index in [1.807, 2.05) is 13.0 Å². The van der Waals surface area contributed by atoms with E-state index in [1.165, 1.54) is 41.3 Å². The molecule has 0 spiro atoms. The molecule has 0 saturated heterocycles. The van der Waals surface area contributed by atoms with Crippen molar-refractivity contribution in [3.05, 3.63) is 41.5 Å². The molecule has 194 valence electrons. The van der Waals surface area contributed by atoms with Crippen LogP contribution >= 0.6 is 0 Å². The third-order valence-electron chi connectivity index (χ3n) is 6.67. The molecule has 1 fully saturated rings. The van der Waals surface area contributed by atoms with E-state index in [0.29, 0.717) is 47.7 Å². The lowest BCUT2D eigenvalue weighted by molar-refractivity contribution is 0.0964. The molecule has 0 unspecified atom stereocenters. The molecule has 0 bridgehead atoms. The van der Waals surface area contributed by atoms with Crippen LogP contribution in [0.15, 0.2) is 30.3 Å². The van der Waals surface area contributed by atoms with Gasteiger partial charge in [0.25, 0.3) is 0 Å². The molecule has 1 aliphatic rings. The van der Waals surface area contributed by atoms with Crippen molar-refractivity contribution in [2.45, 2.75) is 78.4 Å². The molecule has 9 heteroatoms. The maximum atomic E-state index is 13.2. The van der Waals surface area contributed by atoms with Gasteiger partial charge in [0.2, 0.25) is 11.5 Å². The fourth-order valence-electron chi connectivity index (χ4n) is 4.57. The van der Waals surface area contributed by atoms with Gasteiger partial charge in [0.05, 0.1) is 19.3 Å². The third-order valence-corrected chi connectivity index (χ3v) is 6.67. The Labute approximate surface area is 211 Å². The molecule has 9 nitrogen and oxygen atoms in total. The highest BCUT2D eigenvalue weighted by atomic mass is 16.5. The number of nitrogens with zero attached hydrogens (tertiary/aromatic N) is 4. The van der Waals surface area contributed by atoms with Gasteiger partial charge in [-0.3, -0.25) is 10.2 Å². The minimum absolute atomic E-state index is 0.00285. The van der Waals surface area contributed by atoms with Crippen molar-refractivity contribution in [3.8, 4) is 17.4 Å². The molecule has 1 saturated carbocycles. The number of ether oxygens (including phenoxy) is 3. The van der Waals surface area contributed by atoms with E-state index in [2.05, 4.69) is 24.0 Å². The van der Waals surface area contributed by atoms with Gasteiger partial charge in [-0.15, -0.1) is 10.2 Å². The van der Waals surface area contributed by atoms with Gasteiger partial charge in [0, 0.05) is 17.7 Å². The first-order chi connectivity index (χ1) is 17.5. The Kier molecular flexibility index (Phi) is 8.61. The molecule has 0 aliphatic heterocycles. The second-order valence-corrected chi connectivity index (χ2v) is 9.34. The smallest absolute Gasteiger partial charge is 0.242 e. The second kappa shape index (κ2) is 12.1. The fraction of sp³-hybridized carbons (Fsp3) is 0.556. The second-order valence-electron chi connectivity index (χ2n) is 9.34. The molecule has 1 aliphatic carbocycles. The van der Waals surface area contributed by atoms with Crippen molar-refractivity contribution >= 4 is 11.4 Å². The van der Waals surface area contributed by atoms with Crippen LogP contribution in [0.3, 0.4) is 0 Å². The van der Waals surface area contributed by atoms with Gasteiger partial charge in [-0.1, -0.05) is 33.1 Å². The molecule has 3 aromatic rings. The van der Waals surface area contributed by atoms with Gasteiger partial charge < -0.3 is 14.2 Å². The van der Waals surface area contributed by atoms with Crippen LogP contribution < -0.4 is 19.8 Å². The van der Waals surface area contributed by atoms with Crippen molar-refractivity contribution in [2.24, 2.45) is 5.92 Å². The Morgan fingerprint density at radius 3 is 2.44 bits per heavy atom. The van der Waals surface area contributed by atoms with Crippen LogP contribution in [0.2, 0.25) is 0 Å². The molecular formula is C27H37N5O4. The van der Waals surface area contributed by atoms with E-state index in [0.717, 1.165) is 12.8 Å². The summed E-state index contributed by atoms with van der Waals surface area (Å²) < 4.78 is 20.4. The van der Waals surface area contributed by atoms with E-state index < -0.39 is 0 Å². The van der Waals surface area contributed by atoms with E-state index >= 15 is 0 Å². The standard InChI is InChI=1S/C27H37N5O4/c1-4-21(5-2)36-26-13-12-25-29-31(27(28)32(25)30-26)17-24(33)20-14-22(34-6-3)16-23(15-20)35-18-19-10-8-7-9-11-19/h12-16,19,21,28H,4-11,17-18H2,1-3H3. The van der Waals surface area contributed by atoms with Crippen LogP contribution in [0.25, 0.3) is 5.65 Å². The minimum Gasteiger partial charge on any atom is -0.494 e. The number of nitrogens with one attached hydrogen (secondary N) is 1. The highest BCUT2D eigenvalue weighted by Gasteiger charge is 2.17. The van der Waals surface area contributed by atoms with Gasteiger partial charge in [0.1, 0.15) is 18.0 Å². The zero-order valence-electron chi connectivity index (χ0n) is 21.5. The SMILES string of the molecule is CCOc1cc(OCC2CCCCC2)cc(C(=O)Cn2nc3ccc(OC(CC)CC)nn3c2=N)c1. The largest absolute Gasteiger partial charge is 0.494 e. The lowest BCUT2D eigenvalue weighted by atomic mass is 9.90. The maximum absolute atomic E-state index is 13.2. The zero-order chi connectivity index (χ0) is 25.5. The number of ketones is 1. The molecule has 2 heterocycles. The van der Waals surface area contributed by atoms with Crippen molar-refractivity contribution in [2.75, 3.05) is 13.2 Å². The lowest BCUT2D eigenvalue weighted by Crippen LogP contribution is -2.26. The number of carbonyl (C=O) groups excluding carboxylic acids is 1. The predicted molar refractivity (Wildman–Crippen MR) is 136 cm³/mol. The first-order valence-corrected chi connectivity index (χ1v) is 13.1. The minimum atomic E-state index is -0.186. The molecular weight excluding hydrogens is 458 g/mol. The highest BCUT2D eigenvalue weighted by molar-refractivity contribution is 5.96. The molecule has 0 atom stereocenters. The van der Waals surface area contributed by atoms with E-state index in [4.69, 9.17) is 19.6 Å². The molecule has 4 rings (SSSR count). The lowest BCUT2D eigenvalue weighted by Gasteiger charge is -2.22. The van der Waals surface area contributed by atoms with Crippen molar-refractivity contribution in [3.63, 3.8) is 0 Å². The Balaban J connectivity index is 1.52. The summed E-state index contributed by atoms with van der Waals surface area (Å²) in [5.41, 5.74) is 0.946. The fourth-order valence-corrected chi connectivity index (χ4v) is 4.57. The molecule has 0 radical (unpaired) electrons. The Hall–Kier alpha value is -3.36. The van der Waals surface area contributed by atoms with E-state index in [1.54, 1.807) is 24.3 Å². The number of fused-ring (bicyclic) bond motifs is 1. The topological polar surface area (TPSA) is 104 Å². The normalized spacial score (nSPS) is 14.3. The first kappa shape index (κ1) is 25.7. The van der Waals surface area contributed by atoms with Gasteiger partial charge in [0.15, 0.2) is 11.4 Å². The molecule has 1 aromatic carbocycles. The number of aromatic nitrogens is 4. The van der Waals surface area contributed by atoms with Crippen molar-refractivity contribution in [1.29, 1.82) is 5.41 Å². The van der Waals surface area contributed by atoms with Gasteiger partial charge in [-0.25, -0.2) is 4.68 Å². The quantitative estimate of drug-likeness (QED) is 0.361. The summed E-state index contributed by atoms with van der Waals surface area (Å²) in [5, 5.41) is 17.3. The molecule has 2 aromatic heterocycles. The van der Waals surface area contributed by atoms with Gasteiger partial charge >= 0.3 is 0 Å². The van der Waals surface area contributed by atoms with E-state index in [9.17, 15) is 4.79 Å². The Morgan fingerprint density at radius 2 is 1.75 bits per heavy atom. The van der Waals surface area contributed by atoms with Crippen LogP contribution in [-0.4, -0.2) is 44.5 Å². The van der Waals surface area contributed by atoms with Crippen LogP contribution in [-0.2, 0) is 6.54 Å². The Morgan fingerprint density at radius 1 is 1.03 bits per heavy atom. The van der Waals surface area contributed by atoms with Crippen LogP contribution in [0.1, 0.15) is 76.1 Å². The summed E-state index contributed by atoms with van der Waals surface area (Å²) in [4.78, 5) is 13.2. The highest BCUT2D eigenvalue weighted by Crippen LogP contribution is 2.27. The van der Waals surface area contributed by atoms with Gasteiger partial charge in [-0.05, 0) is 56.7 Å². The first-order valence-electron chi connectivity index (χ1n) is 13.1. The summed E-state index contributed by atoms with van der Waals surface area (Å²) >= 11 is 0. The summed E-state index contributed by atoms with van der Waals surface area (Å²) in [6.45, 7) is 7.07. The van der Waals surface area contributed by atoms with Crippen molar-refractivity contribution < 1.29 is 19.0 Å². The monoisotopic (exact) mass is 495 g/mol. The number of Topliss-reactive ketones (excluding diaryl/α,β-unsaturated/α-hetero) is 1. The number of hydrogen-bond acceptors (Lipinski definition) is 7. The summed E-state index contributed by atoms with van der Waals surface area (Å²) in [6, 6.07) is 8.80. The zero-order valence-corrected chi connectivity index (χ0v) is 21.5. The number of rotatable bonds is 12. The summed E-state index contributed by atoms with van der Waals surface area (Å²) in [6.07, 6.45) is 7.98. The maximum Gasteiger partial charge on any atom is 0.242 e. The summed E-state index contributed by atoms with van der Waals surface area (Å²) in [7, 11) is 0. The number of carbonyl (C=O) groups is 1. The van der Waals surface area contributed by atoms with E-state index in [-0.39, 0.29) is 24.1 Å². The molecule has 1 N–H and O–H groups in total. The average Bonchev–Trinajstić information content (AvgIpc) is 3.21. The molecule has 0 amide bonds. The van der Waals surface area contributed by atoms with Crippen LogP contribution in [0.4, 0.5) is 0 Å². The summed E-state index contributed by atoms with van der Waals surface area (Å²) in [5.74, 6) is 2.03. The van der Waals surface area contributed by atoms with Gasteiger partial charge in [-0.2, -0.15) is 4.52 Å². The van der Waals surface area contributed by atoms with Crippen LogP contribution in [0.5, 0.6) is 17.4 Å². The molecule has 36 heavy (non-hydrogen) atoms. The number of benzene rings is 1. The third kappa shape index (κ3) is 6.25. The predicted octanol–water partition coefficient (Wildman–Crippen LogP) is 4.82. The van der Waals surface area contributed by atoms with Crippen LogP contribution in [0, 0.1) is 11.3 Å².